The molecule has 2 aromatic carbocycles. The monoisotopic (exact) mass is 340 g/mol. The van der Waals surface area contributed by atoms with Crippen molar-refractivity contribution in [2.24, 2.45) is 5.10 Å². The second-order valence-corrected chi connectivity index (χ2v) is 5.66. The molecule has 0 aromatic heterocycles. The van der Waals surface area contributed by atoms with Gasteiger partial charge in [-0.25, -0.2) is 10.2 Å². The average Bonchev–Trinajstić information content (AvgIpc) is 2.59. The standard InChI is InChI=1S/C19H20N2O4/c1-12-4-5-13(2)18(14(12)3)25-11-17(22)21-20-10-15-6-8-16(9-7-15)19(23)24/h4-10H,11H2,1-3H3,(H,21,22)(H,23,24)/b20-10-. The van der Waals surface area contributed by atoms with Crippen LogP contribution in [0.3, 0.4) is 0 Å². The molecule has 0 aliphatic heterocycles. The van der Waals surface area contributed by atoms with E-state index < -0.39 is 5.97 Å². The average molecular weight is 340 g/mol. The summed E-state index contributed by atoms with van der Waals surface area (Å²) in [5, 5.41) is 12.7. The van der Waals surface area contributed by atoms with Crippen LogP contribution in [0.4, 0.5) is 0 Å². The maximum absolute atomic E-state index is 11.8. The fourth-order valence-electron chi connectivity index (χ4n) is 2.21. The third-order valence-corrected chi connectivity index (χ3v) is 3.78. The van der Waals surface area contributed by atoms with Crippen molar-refractivity contribution >= 4 is 18.1 Å². The molecule has 25 heavy (non-hydrogen) atoms. The van der Waals surface area contributed by atoms with E-state index >= 15 is 0 Å². The molecule has 0 saturated heterocycles. The Balaban J connectivity index is 1.89. The first kappa shape index (κ1) is 18.2. The first-order chi connectivity index (χ1) is 11.9. The molecule has 2 N–H and O–H groups in total. The number of carbonyl (C=O) groups is 2. The van der Waals surface area contributed by atoms with Crippen LogP contribution in [-0.2, 0) is 4.79 Å². The minimum atomic E-state index is -0.990. The molecule has 0 saturated carbocycles. The zero-order valence-corrected chi connectivity index (χ0v) is 14.4. The van der Waals surface area contributed by atoms with Gasteiger partial charge in [-0.15, -0.1) is 0 Å². The van der Waals surface area contributed by atoms with Crippen LogP contribution in [0, 0.1) is 20.8 Å². The topological polar surface area (TPSA) is 88.0 Å². The number of amides is 1. The lowest BCUT2D eigenvalue weighted by Crippen LogP contribution is -2.25. The fraction of sp³-hybridized carbons (Fsp3) is 0.211. The van der Waals surface area contributed by atoms with Crippen LogP contribution in [0.2, 0.25) is 0 Å². The third kappa shape index (κ3) is 4.91. The van der Waals surface area contributed by atoms with Gasteiger partial charge < -0.3 is 9.84 Å². The molecule has 0 heterocycles. The molecule has 0 aliphatic rings. The smallest absolute Gasteiger partial charge is 0.335 e. The van der Waals surface area contributed by atoms with E-state index in [0.29, 0.717) is 11.3 Å². The quantitative estimate of drug-likeness (QED) is 0.625. The Bertz CT molecular complexity index is 811. The Morgan fingerprint density at radius 3 is 2.36 bits per heavy atom. The molecule has 0 aliphatic carbocycles. The van der Waals surface area contributed by atoms with Crippen LogP contribution in [0.15, 0.2) is 41.5 Å². The number of carboxylic acid groups (broad SMARTS) is 1. The second kappa shape index (κ2) is 8.10. The van der Waals surface area contributed by atoms with Crippen molar-refractivity contribution in [1.82, 2.24) is 5.43 Å². The minimum absolute atomic E-state index is 0.138. The van der Waals surface area contributed by atoms with Gasteiger partial charge in [0.2, 0.25) is 0 Å². The largest absolute Gasteiger partial charge is 0.483 e. The van der Waals surface area contributed by atoms with Crippen molar-refractivity contribution in [2.45, 2.75) is 20.8 Å². The van der Waals surface area contributed by atoms with Crippen molar-refractivity contribution in [3.8, 4) is 5.75 Å². The van der Waals surface area contributed by atoms with Crippen LogP contribution < -0.4 is 10.2 Å². The maximum Gasteiger partial charge on any atom is 0.335 e. The van der Waals surface area contributed by atoms with Crippen LogP contribution >= 0.6 is 0 Å². The SMILES string of the molecule is Cc1ccc(C)c(OCC(=O)N/N=C\c2ccc(C(=O)O)cc2)c1C. The number of aryl methyl sites for hydroxylation is 2. The van der Waals surface area contributed by atoms with E-state index in [2.05, 4.69) is 10.5 Å². The lowest BCUT2D eigenvalue weighted by atomic mass is 10.1. The number of aromatic carboxylic acids is 1. The van der Waals surface area contributed by atoms with Crippen LogP contribution in [0.5, 0.6) is 5.75 Å². The number of rotatable bonds is 6. The normalized spacial score (nSPS) is 10.7. The summed E-state index contributed by atoms with van der Waals surface area (Å²) in [4.78, 5) is 22.6. The number of nitrogens with zero attached hydrogens (tertiary/aromatic N) is 1. The Kier molecular flexibility index (Phi) is 5.89. The van der Waals surface area contributed by atoms with Gasteiger partial charge in [-0.05, 0) is 55.2 Å². The Morgan fingerprint density at radius 2 is 1.72 bits per heavy atom. The minimum Gasteiger partial charge on any atom is -0.483 e. The molecule has 0 unspecified atom stereocenters. The summed E-state index contributed by atoms with van der Waals surface area (Å²) in [7, 11) is 0. The number of carbonyl (C=O) groups excluding carboxylic acids is 1. The number of benzene rings is 2. The fourth-order valence-corrected chi connectivity index (χ4v) is 2.21. The summed E-state index contributed by atoms with van der Waals surface area (Å²) in [6.07, 6.45) is 1.44. The van der Waals surface area contributed by atoms with E-state index in [0.717, 1.165) is 16.7 Å². The molecular formula is C19H20N2O4. The number of hydrogen-bond acceptors (Lipinski definition) is 4. The predicted octanol–water partition coefficient (Wildman–Crippen LogP) is 2.84. The van der Waals surface area contributed by atoms with Gasteiger partial charge in [0.1, 0.15) is 5.75 Å². The second-order valence-electron chi connectivity index (χ2n) is 5.66. The van der Waals surface area contributed by atoms with E-state index in [1.807, 2.05) is 32.9 Å². The van der Waals surface area contributed by atoms with E-state index in [1.165, 1.54) is 18.3 Å². The highest BCUT2D eigenvalue weighted by atomic mass is 16.5. The van der Waals surface area contributed by atoms with Crippen LogP contribution in [0.1, 0.15) is 32.6 Å². The summed E-state index contributed by atoms with van der Waals surface area (Å²) >= 11 is 0. The molecule has 6 heteroatoms. The zero-order valence-electron chi connectivity index (χ0n) is 14.4. The van der Waals surface area contributed by atoms with Crippen molar-refractivity contribution < 1.29 is 19.4 Å². The van der Waals surface area contributed by atoms with E-state index in [-0.39, 0.29) is 18.1 Å². The molecular weight excluding hydrogens is 320 g/mol. The molecule has 0 bridgehead atoms. The molecule has 0 fully saturated rings. The highest BCUT2D eigenvalue weighted by Crippen LogP contribution is 2.25. The number of hydrazone groups is 1. The molecule has 2 rings (SSSR count). The summed E-state index contributed by atoms with van der Waals surface area (Å²) in [6, 6.07) is 10.1. The predicted molar refractivity (Wildman–Crippen MR) is 95.3 cm³/mol. The highest BCUT2D eigenvalue weighted by molar-refractivity contribution is 5.89. The van der Waals surface area contributed by atoms with Gasteiger partial charge in [-0.2, -0.15) is 5.10 Å². The molecule has 0 radical (unpaired) electrons. The van der Waals surface area contributed by atoms with Crippen molar-refractivity contribution in [2.75, 3.05) is 6.61 Å². The van der Waals surface area contributed by atoms with E-state index in [1.54, 1.807) is 12.1 Å². The number of ether oxygens (including phenoxy) is 1. The van der Waals surface area contributed by atoms with Crippen molar-refractivity contribution in [3.63, 3.8) is 0 Å². The van der Waals surface area contributed by atoms with Crippen LogP contribution in [0.25, 0.3) is 0 Å². The lowest BCUT2D eigenvalue weighted by Gasteiger charge is -2.13. The van der Waals surface area contributed by atoms with Crippen molar-refractivity contribution in [1.29, 1.82) is 0 Å². The van der Waals surface area contributed by atoms with Crippen molar-refractivity contribution in [3.05, 3.63) is 64.2 Å². The van der Waals surface area contributed by atoms with Gasteiger partial charge in [-0.3, -0.25) is 4.79 Å². The zero-order chi connectivity index (χ0) is 18.4. The van der Waals surface area contributed by atoms with Gasteiger partial charge in [0.25, 0.3) is 5.91 Å². The summed E-state index contributed by atoms with van der Waals surface area (Å²) in [5.41, 5.74) is 6.33. The van der Waals surface area contributed by atoms with Gasteiger partial charge in [0, 0.05) is 0 Å². The lowest BCUT2D eigenvalue weighted by molar-refractivity contribution is -0.123. The van der Waals surface area contributed by atoms with Gasteiger partial charge >= 0.3 is 5.97 Å². The van der Waals surface area contributed by atoms with Gasteiger partial charge in [-0.1, -0.05) is 24.3 Å². The first-order valence-corrected chi connectivity index (χ1v) is 7.73. The highest BCUT2D eigenvalue weighted by Gasteiger charge is 2.08. The van der Waals surface area contributed by atoms with E-state index in [9.17, 15) is 9.59 Å². The van der Waals surface area contributed by atoms with Gasteiger partial charge in [0.15, 0.2) is 6.61 Å². The number of nitrogens with one attached hydrogen (secondary N) is 1. The Labute approximate surface area is 146 Å². The first-order valence-electron chi connectivity index (χ1n) is 7.73. The Morgan fingerprint density at radius 1 is 1.08 bits per heavy atom. The van der Waals surface area contributed by atoms with E-state index in [4.69, 9.17) is 9.84 Å². The molecule has 2 aromatic rings. The van der Waals surface area contributed by atoms with Gasteiger partial charge in [0.05, 0.1) is 11.8 Å². The maximum atomic E-state index is 11.8. The molecule has 0 atom stereocenters. The molecule has 1 amide bonds. The van der Waals surface area contributed by atoms with Crippen LogP contribution in [-0.4, -0.2) is 29.8 Å². The number of carboxylic acids is 1. The summed E-state index contributed by atoms with van der Waals surface area (Å²) in [6.45, 7) is 5.73. The number of hydrogen-bond donors (Lipinski definition) is 2. The summed E-state index contributed by atoms with van der Waals surface area (Å²) in [5.74, 6) is -0.655. The summed E-state index contributed by atoms with van der Waals surface area (Å²) < 4.78 is 5.60. The molecule has 6 nitrogen and oxygen atoms in total. The molecule has 130 valence electrons. The molecule has 0 spiro atoms. The Hall–Kier alpha value is -3.15. The third-order valence-electron chi connectivity index (χ3n) is 3.78.